The lowest BCUT2D eigenvalue weighted by molar-refractivity contribution is -0.147. The van der Waals surface area contributed by atoms with E-state index in [9.17, 15) is 19.5 Å². The molecule has 7 atom stereocenters. The molecule has 0 aromatic heterocycles. The molecule has 7 nitrogen and oxygen atoms in total. The number of likely N-dealkylation sites (tertiary alicyclic amines) is 1. The first-order valence-corrected chi connectivity index (χ1v) is 15.6. The quantitative estimate of drug-likeness (QED) is 0.342. The van der Waals surface area contributed by atoms with Gasteiger partial charge in [0.15, 0.2) is 0 Å². The fraction of sp³-hybridized carbons (Fsp3) is 0.594. The van der Waals surface area contributed by atoms with Crippen LogP contribution in [-0.4, -0.2) is 85.8 Å². The summed E-state index contributed by atoms with van der Waals surface area (Å²) in [6, 6.07) is 8.66. The van der Waals surface area contributed by atoms with E-state index in [2.05, 4.69) is 27.0 Å². The first-order valence-electron chi connectivity index (χ1n) is 14.7. The molecule has 0 radical (unpaired) electrons. The standard InChI is InChI=1S/C32H45N3O4S/c1-6-10-18-33(16-7-2)31(39)28-32-22(5)19-25(40-32)26(27(32)30(38)35(28)24(9-4)21-36)29(37)34(17-8-3)20-23-14-12-11-13-15-23/h7-8,11-15,22,24-28,36H,2-3,6,9-10,16-21H2,1,4-5H3/t22?,24-,25-,26+,27-,28?,32?/m0/s1. The maximum atomic E-state index is 14.5. The van der Waals surface area contributed by atoms with Gasteiger partial charge in [-0.1, -0.05) is 69.7 Å². The van der Waals surface area contributed by atoms with Gasteiger partial charge in [0, 0.05) is 31.4 Å². The van der Waals surface area contributed by atoms with Crippen molar-refractivity contribution < 1.29 is 19.5 Å². The molecule has 40 heavy (non-hydrogen) atoms. The summed E-state index contributed by atoms with van der Waals surface area (Å²) in [7, 11) is 0. The van der Waals surface area contributed by atoms with Gasteiger partial charge in [-0.2, -0.15) is 0 Å². The minimum absolute atomic E-state index is 0.0327. The average molecular weight is 568 g/mol. The Kier molecular flexibility index (Phi) is 9.83. The summed E-state index contributed by atoms with van der Waals surface area (Å²) in [6.07, 6.45) is 6.58. The van der Waals surface area contributed by atoms with Gasteiger partial charge in [0.1, 0.15) is 6.04 Å². The second kappa shape index (κ2) is 12.9. The molecule has 1 aromatic rings. The zero-order chi connectivity index (χ0) is 29.0. The number of aliphatic hydroxyl groups is 1. The summed E-state index contributed by atoms with van der Waals surface area (Å²) in [6.45, 7) is 15.5. The molecule has 4 rings (SSSR count). The van der Waals surface area contributed by atoms with Crippen molar-refractivity contribution in [2.75, 3.05) is 26.2 Å². The van der Waals surface area contributed by atoms with E-state index < -0.39 is 28.7 Å². The monoisotopic (exact) mass is 567 g/mol. The Bertz CT molecular complexity index is 1090. The Labute approximate surface area is 243 Å². The summed E-state index contributed by atoms with van der Waals surface area (Å²) in [5, 5.41) is 10.3. The van der Waals surface area contributed by atoms with Gasteiger partial charge >= 0.3 is 0 Å². The number of unbranched alkanes of at least 4 members (excludes halogenated alkanes) is 1. The molecular formula is C32H45N3O4S. The smallest absolute Gasteiger partial charge is 0.247 e. The summed E-state index contributed by atoms with van der Waals surface area (Å²) >= 11 is 1.69. The van der Waals surface area contributed by atoms with Gasteiger partial charge < -0.3 is 19.8 Å². The number of hydrogen-bond acceptors (Lipinski definition) is 5. The van der Waals surface area contributed by atoms with E-state index in [4.69, 9.17) is 0 Å². The summed E-state index contributed by atoms with van der Waals surface area (Å²) < 4.78 is -0.708. The number of fused-ring (bicyclic) bond motifs is 1. The zero-order valence-electron chi connectivity index (χ0n) is 24.2. The average Bonchev–Trinajstić information content (AvgIpc) is 3.55. The number of aliphatic hydroxyl groups excluding tert-OH is 1. The van der Waals surface area contributed by atoms with Crippen molar-refractivity contribution >= 4 is 29.5 Å². The van der Waals surface area contributed by atoms with Crippen LogP contribution in [0.1, 0.15) is 52.0 Å². The van der Waals surface area contributed by atoms with Gasteiger partial charge in [0.05, 0.1) is 29.2 Å². The fourth-order valence-electron chi connectivity index (χ4n) is 7.20. The molecule has 3 aliphatic rings. The highest BCUT2D eigenvalue weighted by molar-refractivity contribution is 8.02. The van der Waals surface area contributed by atoms with Crippen LogP contribution in [0.25, 0.3) is 0 Å². The Balaban J connectivity index is 1.76. The minimum Gasteiger partial charge on any atom is -0.394 e. The number of carbonyl (C=O) groups excluding carboxylic acids is 3. The minimum atomic E-state index is -0.719. The van der Waals surface area contributed by atoms with Gasteiger partial charge in [-0.05, 0) is 30.7 Å². The van der Waals surface area contributed by atoms with Gasteiger partial charge in [-0.25, -0.2) is 0 Å². The van der Waals surface area contributed by atoms with Crippen LogP contribution < -0.4 is 0 Å². The third-order valence-electron chi connectivity index (χ3n) is 9.10. The van der Waals surface area contributed by atoms with Crippen LogP contribution in [0, 0.1) is 17.8 Å². The van der Waals surface area contributed by atoms with E-state index in [1.807, 2.05) is 42.2 Å². The van der Waals surface area contributed by atoms with Crippen LogP contribution in [-0.2, 0) is 20.9 Å². The third kappa shape index (κ3) is 5.13. The van der Waals surface area contributed by atoms with Crippen LogP contribution >= 0.6 is 11.8 Å². The molecule has 3 heterocycles. The van der Waals surface area contributed by atoms with Crippen molar-refractivity contribution in [1.29, 1.82) is 0 Å². The predicted molar refractivity (Wildman–Crippen MR) is 160 cm³/mol. The zero-order valence-corrected chi connectivity index (χ0v) is 25.0. The third-order valence-corrected chi connectivity index (χ3v) is 11.2. The maximum Gasteiger partial charge on any atom is 0.247 e. The lowest BCUT2D eigenvalue weighted by Crippen LogP contribution is -2.59. The number of thioether (sulfide) groups is 1. The number of nitrogens with zero attached hydrogens (tertiary/aromatic N) is 3. The van der Waals surface area contributed by atoms with Crippen molar-refractivity contribution in [2.24, 2.45) is 17.8 Å². The van der Waals surface area contributed by atoms with Crippen LogP contribution in [0.5, 0.6) is 0 Å². The van der Waals surface area contributed by atoms with E-state index in [0.29, 0.717) is 32.6 Å². The predicted octanol–water partition coefficient (Wildman–Crippen LogP) is 4.12. The van der Waals surface area contributed by atoms with E-state index in [1.165, 1.54) is 0 Å². The molecule has 8 heteroatoms. The lowest BCUT2D eigenvalue weighted by atomic mass is 9.65. The largest absolute Gasteiger partial charge is 0.394 e. The van der Waals surface area contributed by atoms with Crippen LogP contribution in [0.4, 0.5) is 0 Å². The van der Waals surface area contributed by atoms with Gasteiger partial charge in [0.25, 0.3) is 0 Å². The van der Waals surface area contributed by atoms with Gasteiger partial charge in [-0.3, -0.25) is 14.4 Å². The molecule has 1 aromatic carbocycles. The fourth-order valence-corrected chi connectivity index (χ4v) is 9.60. The molecule has 1 N–H and O–H groups in total. The number of rotatable bonds is 14. The Morgan fingerprint density at radius 3 is 2.42 bits per heavy atom. The number of benzene rings is 1. The molecule has 218 valence electrons. The van der Waals surface area contributed by atoms with Crippen LogP contribution in [0.3, 0.4) is 0 Å². The van der Waals surface area contributed by atoms with Crippen molar-refractivity contribution in [3.63, 3.8) is 0 Å². The molecular weight excluding hydrogens is 522 g/mol. The molecule has 3 saturated heterocycles. The lowest BCUT2D eigenvalue weighted by Gasteiger charge is -2.42. The molecule has 1 spiro atoms. The van der Waals surface area contributed by atoms with E-state index in [-0.39, 0.29) is 35.5 Å². The highest BCUT2D eigenvalue weighted by atomic mass is 32.2. The highest BCUT2D eigenvalue weighted by Crippen LogP contribution is 2.69. The van der Waals surface area contributed by atoms with Crippen molar-refractivity contribution in [2.45, 2.75) is 75.1 Å². The van der Waals surface area contributed by atoms with Crippen LogP contribution in [0.2, 0.25) is 0 Å². The van der Waals surface area contributed by atoms with Gasteiger partial charge in [-0.15, -0.1) is 24.9 Å². The topological polar surface area (TPSA) is 81.2 Å². The molecule has 3 fully saturated rings. The maximum absolute atomic E-state index is 14.5. The highest BCUT2D eigenvalue weighted by Gasteiger charge is 2.76. The number of amides is 3. The molecule has 0 aliphatic carbocycles. The van der Waals surface area contributed by atoms with Crippen molar-refractivity contribution in [3.8, 4) is 0 Å². The normalized spacial score (nSPS) is 29.2. The molecule has 3 amide bonds. The van der Waals surface area contributed by atoms with Gasteiger partial charge in [0.2, 0.25) is 17.7 Å². The Hall–Kier alpha value is -2.58. The molecule has 3 aliphatic heterocycles. The Morgan fingerprint density at radius 2 is 1.82 bits per heavy atom. The first kappa shape index (κ1) is 30.4. The summed E-state index contributed by atoms with van der Waals surface area (Å²) in [4.78, 5) is 48.5. The SMILES string of the molecule is C=CCN(CCCC)C(=O)C1N([C@@H](CC)CO)C(=O)[C@@H]2[C@H](C(=O)N(CC=C)Cc3ccccc3)[C@@H]3CC(C)C12S3. The molecule has 2 bridgehead atoms. The van der Waals surface area contributed by atoms with Crippen molar-refractivity contribution in [1.82, 2.24) is 14.7 Å². The summed E-state index contributed by atoms with van der Waals surface area (Å²) in [5.74, 6) is -1.34. The van der Waals surface area contributed by atoms with E-state index >= 15 is 0 Å². The second-order valence-electron chi connectivity index (χ2n) is 11.5. The summed E-state index contributed by atoms with van der Waals surface area (Å²) in [5.41, 5.74) is 1.02. The molecule has 0 saturated carbocycles. The Morgan fingerprint density at radius 1 is 1.15 bits per heavy atom. The van der Waals surface area contributed by atoms with E-state index in [1.54, 1.807) is 33.7 Å². The van der Waals surface area contributed by atoms with Crippen molar-refractivity contribution in [3.05, 3.63) is 61.2 Å². The second-order valence-corrected chi connectivity index (χ2v) is 13.0. The number of carbonyl (C=O) groups is 3. The number of hydrogen-bond donors (Lipinski definition) is 1. The first-order chi connectivity index (χ1) is 19.3. The molecule has 3 unspecified atom stereocenters. The van der Waals surface area contributed by atoms with Crippen LogP contribution in [0.15, 0.2) is 55.6 Å². The van der Waals surface area contributed by atoms with E-state index in [0.717, 1.165) is 24.8 Å².